The smallest absolute Gasteiger partial charge is 0.266 e. The van der Waals surface area contributed by atoms with Gasteiger partial charge in [-0.25, -0.2) is 4.98 Å². The van der Waals surface area contributed by atoms with E-state index in [1.165, 1.54) is 11.8 Å². The van der Waals surface area contributed by atoms with Gasteiger partial charge in [0.05, 0.1) is 40.8 Å². The number of carbonyl (C=O) groups is 1. The van der Waals surface area contributed by atoms with Gasteiger partial charge in [0.2, 0.25) is 5.91 Å². The van der Waals surface area contributed by atoms with Crippen LogP contribution < -0.4 is 15.2 Å². The van der Waals surface area contributed by atoms with Crippen molar-refractivity contribution in [3.8, 4) is 11.4 Å². The molecule has 0 spiro atoms. The van der Waals surface area contributed by atoms with Crippen molar-refractivity contribution in [2.24, 2.45) is 0 Å². The van der Waals surface area contributed by atoms with Crippen LogP contribution >= 0.6 is 23.5 Å². The SMILES string of the molecule is COc1cccc(-n2c(SCC(=O)N3c4ccccc4Sc4ccccc43)nc3ccccc3c2=O)c1. The molecule has 2 heterocycles. The number of para-hydroxylation sites is 3. The van der Waals surface area contributed by atoms with Gasteiger partial charge in [0.25, 0.3) is 5.56 Å². The number of thioether (sulfide) groups is 1. The van der Waals surface area contributed by atoms with E-state index in [2.05, 4.69) is 0 Å². The average molecular weight is 524 g/mol. The lowest BCUT2D eigenvalue weighted by Gasteiger charge is -2.31. The Morgan fingerprint density at radius 2 is 1.57 bits per heavy atom. The summed E-state index contributed by atoms with van der Waals surface area (Å²) >= 11 is 2.90. The number of fused-ring (bicyclic) bond motifs is 3. The van der Waals surface area contributed by atoms with Crippen LogP contribution in [0.2, 0.25) is 0 Å². The minimum Gasteiger partial charge on any atom is -0.497 e. The molecule has 0 aliphatic carbocycles. The Hall–Kier alpha value is -4.01. The number of hydrogen-bond donors (Lipinski definition) is 0. The molecular formula is C29H21N3O3S2. The normalized spacial score (nSPS) is 12.2. The van der Waals surface area contributed by atoms with Crippen LogP contribution in [0.1, 0.15) is 0 Å². The molecule has 37 heavy (non-hydrogen) atoms. The second kappa shape index (κ2) is 9.80. The van der Waals surface area contributed by atoms with Crippen molar-refractivity contribution in [3.63, 3.8) is 0 Å². The van der Waals surface area contributed by atoms with Crippen LogP contribution in [-0.4, -0.2) is 28.3 Å². The van der Waals surface area contributed by atoms with Crippen molar-refractivity contribution in [1.82, 2.24) is 9.55 Å². The third-order valence-corrected chi connectivity index (χ3v) is 8.12. The molecule has 6 nitrogen and oxygen atoms in total. The first kappa shape index (κ1) is 23.4. The molecule has 0 unspecified atom stereocenters. The molecule has 0 saturated heterocycles. The third kappa shape index (κ3) is 4.28. The average Bonchev–Trinajstić information content (AvgIpc) is 2.94. The highest BCUT2D eigenvalue weighted by atomic mass is 32.2. The van der Waals surface area contributed by atoms with Crippen LogP contribution in [0.15, 0.2) is 117 Å². The summed E-state index contributed by atoms with van der Waals surface area (Å²) in [6.45, 7) is 0. The quantitative estimate of drug-likeness (QED) is 0.199. The Morgan fingerprint density at radius 1 is 0.892 bits per heavy atom. The van der Waals surface area contributed by atoms with Crippen molar-refractivity contribution in [2.45, 2.75) is 14.9 Å². The maximum Gasteiger partial charge on any atom is 0.266 e. The number of anilines is 2. The zero-order chi connectivity index (χ0) is 25.4. The fourth-order valence-electron chi connectivity index (χ4n) is 4.35. The van der Waals surface area contributed by atoms with Gasteiger partial charge in [-0.2, -0.15) is 0 Å². The lowest BCUT2D eigenvalue weighted by molar-refractivity contribution is -0.115. The van der Waals surface area contributed by atoms with Crippen LogP contribution in [-0.2, 0) is 4.79 Å². The number of aromatic nitrogens is 2. The van der Waals surface area contributed by atoms with Crippen molar-refractivity contribution in [1.29, 1.82) is 0 Å². The molecule has 1 aliphatic rings. The summed E-state index contributed by atoms with van der Waals surface area (Å²) in [5.41, 5.74) is 2.73. The Bertz CT molecular complexity index is 1670. The second-order valence-electron chi connectivity index (χ2n) is 8.31. The number of ether oxygens (including phenoxy) is 1. The largest absolute Gasteiger partial charge is 0.497 e. The molecule has 6 rings (SSSR count). The maximum absolute atomic E-state index is 13.8. The van der Waals surface area contributed by atoms with Crippen LogP contribution in [0.3, 0.4) is 0 Å². The molecule has 5 aromatic rings. The van der Waals surface area contributed by atoms with Gasteiger partial charge in [-0.3, -0.25) is 19.1 Å². The molecule has 8 heteroatoms. The lowest BCUT2D eigenvalue weighted by Crippen LogP contribution is -2.30. The van der Waals surface area contributed by atoms with Gasteiger partial charge in [0, 0.05) is 15.9 Å². The summed E-state index contributed by atoms with van der Waals surface area (Å²) in [4.78, 5) is 35.9. The zero-order valence-corrected chi connectivity index (χ0v) is 21.5. The summed E-state index contributed by atoms with van der Waals surface area (Å²) in [6.07, 6.45) is 0. The van der Waals surface area contributed by atoms with Gasteiger partial charge in [0.1, 0.15) is 5.75 Å². The van der Waals surface area contributed by atoms with Crippen molar-refractivity contribution >= 4 is 51.7 Å². The molecule has 4 aromatic carbocycles. The molecule has 1 amide bonds. The molecule has 0 fully saturated rings. The molecule has 0 bridgehead atoms. The van der Waals surface area contributed by atoms with E-state index in [-0.39, 0.29) is 17.2 Å². The van der Waals surface area contributed by atoms with Gasteiger partial charge < -0.3 is 4.74 Å². The van der Waals surface area contributed by atoms with E-state index in [1.807, 2.05) is 84.9 Å². The molecule has 0 radical (unpaired) electrons. The van der Waals surface area contributed by atoms with E-state index in [0.29, 0.717) is 27.5 Å². The highest BCUT2D eigenvalue weighted by Gasteiger charge is 2.28. The predicted octanol–water partition coefficient (Wildman–Crippen LogP) is 6.32. The Labute approximate surface area is 221 Å². The van der Waals surface area contributed by atoms with E-state index in [9.17, 15) is 9.59 Å². The fourth-order valence-corrected chi connectivity index (χ4v) is 6.27. The van der Waals surface area contributed by atoms with Gasteiger partial charge in [0.15, 0.2) is 5.16 Å². The van der Waals surface area contributed by atoms with E-state index >= 15 is 0 Å². The monoisotopic (exact) mass is 523 g/mol. The number of benzene rings is 4. The highest BCUT2D eigenvalue weighted by Crippen LogP contribution is 2.48. The summed E-state index contributed by atoms with van der Waals surface area (Å²) in [7, 11) is 1.58. The van der Waals surface area contributed by atoms with Crippen LogP contribution in [0.5, 0.6) is 5.75 Å². The number of amides is 1. The number of nitrogens with zero attached hydrogens (tertiary/aromatic N) is 3. The first-order valence-electron chi connectivity index (χ1n) is 11.6. The Balaban J connectivity index is 1.41. The molecule has 1 aromatic heterocycles. The van der Waals surface area contributed by atoms with Gasteiger partial charge >= 0.3 is 0 Å². The van der Waals surface area contributed by atoms with Crippen molar-refractivity contribution in [3.05, 3.63) is 107 Å². The van der Waals surface area contributed by atoms with Gasteiger partial charge in [-0.1, -0.05) is 66.0 Å². The lowest BCUT2D eigenvalue weighted by atomic mass is 10.2. The topological polar surface area (TPSA) is 64.4 Å². The maximum atomic E-state index is 13.8. The first-order valence-corrected chi connectivity index (χ1v) is 13.4. The van der Waals surface area contributed by atoms with E-state index in [4.69, 9.17) is 9.72 Å². The van der Waals surface area contributed by atoms with E-state index < -0.39 is 0 Å². The molecule has 0 N–H and O–H groups in total. The number of hydrogen-bond acceptors (Lipinski definition) is 6. The van der Waals surface area contributed by atoms with Gasteiger partial charge in [-0.15, -0.1) is 0 Å². The van der Waals surface area contributed by atoms with Gasteiger partial charge in [-0.05, 0) is 48.5 Å². The van der Waals surface area contributed by atoms with Crippen LogP contribution in [0.25, 0.3) is 16.6 Å². The number of methoxy groups -OCH3 is 1. The molecule has 0 atom stereocenters. The third-order valence-electron chi connectivity index (χ3n) is 6.06. The zero-order valence-electron chi connectivity index (χ0n) is 19.8. The molecular weight excluding hydrogens is 502 g/mol. The summed E-state index contributed by atoms with van der Waals surface area (Å²) < 4.78 is 6.93. The second-order valence-corrected chi connectivity index (χ2v) is 10.3. The number of carbonyl (C=O) groups excluding carboxylic acids is 1. The minimum atomic E-state index is -0.195. The van der Waals surface area contributed by atoms with E-state index in [1.54, 1.807) is 40.5 Å². The highest BCUT2D eigenvalue weighted by molar-refractivity contribution is 8.00. The summed E-state index contributed by atoms with van der Waals surface area (Å²) in [5.74, 6) is 0.635. The van der Waals surface area contributed by atoms with E-state index in [0.717, 1.165) is 21.2 Å². The van der Waals surface area contributed by atoms with Crippen LogP contribution in [0.4, 0.5) is 11.4 Å². The first-order chi connectivity index (χ1) is 18.1. The summed E-state index contributed by atoms with van der Waals surface area (Å²) in [6, 6.07) is 30.3. The Morgan fingerprint density at radius 3 is 2.30 bits per heavy atom. The summed E-state index contributed by atoms with van der Waals surface area (Å²) in [5, 5.41) is 0.954. The Kier molecular flexibility index (Phi) is 6.20. The fraction of sp³-hybridized carbons (Fsp3) is 0.0690. The predicted molar refractivity (Wildman–Crippen MR) is 149 cm³/mol. The van der Waals surface area contributed by atoms with Crippen LogP contribution in [0, 0.1) is 0 Å². The minimum absolute atomic E-state index is 0.0928. The van der Waals surface area contributed by atoms with Crippen molar-refractivity contribution in [2.75, 3.05) is 17.8 Å². The molecule has 0 saturated carbocycles. The van der Waals surface area contributed by atoms with Crippen molar-refractivity contribution < 1.29 is 9.53 Å². The molecule has 1 aliphatic heterocycles. The molecule has 182 valence electrons. The standard InChI is InChI=1S/C29H21N3O3S2/c1-35-20-10-8-9-19(17-20)31-28(34)21-11-2-3-12-22(21)30-29(31)36-18-27(33)32-23-13-4-6-15-25(23)37-26-16-7-5-14-24(26)32/h2-17H,18H2,1H3. The number of rotatable bonds is 5.